The summed E-state index contributed by atoms with van der Waals surface area (Å²) in [7, 11) is 0. The average molecular weight is 287 g/mol. The number of aliphatic hydroxyl groups is 1. The van der Waals surface area contributed by atoms with Gasteiger partial charge in [-0.1, -0.05) is 43.5 Å². The first-order chi connectivity index (χ1) is 10.3. The standard InChI is InChI=1S/C18H25NO2/c20-11-10-19(17-8-2-1-3-9-17)18(21)16-12-14-6-4-5-7-15(14)13-16/h4-7,16-17,20H,1-3,8-13H2. The SMILES string of the molecule is O=C(C1Cc2ccccc2C1)N(CCO)C1CCCCC1. The van der Waals surface area contributed by atoms with Gasteiger partial charge in [-0.3, -0.25) is 4.79 Å². The van der Waals surface area contributed by atoms with Gasteiger partial charge in [0.1, 0.15) is 0 Å². The first-order valence-electron chi connectivity index (χ1n) is 8.27. The van der Waals surface area contributed by atoms with Crippen molar-refractivity contribution in [2.24, 2.45) is 5.92 Å². The third-order valence-electron chi connectivity index (χ3n) is 5.04. The topological polar surface area (TPSA) is 40.5 Å². The number of carbonyl (C=O) groups excluding carboxylic acids is 1. The van der Waals surface area contributed by atoms with E-state index >= 15 is 0 Å². The summed E-state index contributed by atoms with van der Waals surface area (Å²) in [6, 6.07) is 8.73. The van der Waals surface area contributed by atoms with Gasteiger partial charge >= 0.3 is 0 Å². The predicted octanol–water partition coefficient (Wildman–Crippen LogP) is 2.56. The van der Waals surface area contributed by atoms with Crippen LogP contribution in [-0.2, 0) is 17.6 Å². The zero-order valence-electron chi connectivity index (χ0n) is 12.6. The highest BCUT2D eigenvalue weighted by Crippen LogP contribution is 2.30. The normalized spacial score (nSPS) is 19.5. The molecule has 0 atom stereocenters. The Morgan fingerprint density at radius 1 is 1.10 bits per heavy atom. The Labute approximate surface area is 127 Å². The summed E-state index contributed by atoms with van der Waals surface area (Å²) in [5, 5.41) is 9.34. The fourth-order valence-corrected chi connectivity index (χ4v) is 3.94. The molecule has 1 N–H and O–H groups in total. The first-order valence-corrected chi connectivity index (χ1v) is 8.27. The maximum atomic E-state index is 12.9. The minimum absolute atomic E-state index is 0.0713. The van der Waals surface area contributed by atoms with Gasteiger partial charge in [0.25, 0.3) is 0 Å². The van der Waals surface area contributed by atoms with Crippen molar-refractivity contribution < 1.29 is 9.90 Å². The molecule has 2 aliphatic carbocycles. The van der Waals surface area contributed by atoms with Crippen molar-refractivity contribution in [3.05, 3.63) is 35.4 Å². The second kappa shape index (κ2) is 6.61. The lowest BCUT2D eigenvalue weighted by Crippen LogP contribution is -2.46. The van der Waals surface area contributed by atoms with E-state index in [2.05, 4.69) is 24.3 Å². The van der Waals surface area contributed by atoms with Crippen LogP contribution in [0.5, 0.6) is 0 Å². The number of benzene rings is 1. The van der Waals surface area contributed by atoms with E-state index in [0.717, 1.165) is 25.7 Å². The van der Waals surface area contributed by atoms with E-state index < -0.39 is 0 Å². The molecule has 1 saturated carbocycles. The van der Waals surface area contributed by atoms with Crippen LogP contribution in [0.3, 0.4) is 0 Å². The predicted molar refractivity (Wildman–Crippen MR) is 83.0 cm³/mol. The van der Waals surface area contributed by atoms with Crippen LogP contribution in [0.15, 0.2) is 24.3 Å². The number of rotatable bonds is 4. The minimum Gasteiger partial charge on any atom is -0.395 e. The molecule has 1 fully saturated rings. The van der Waals surface area contributed by atoms with Crippen LogP contribution >= 0.6 is 0 Å². The van der Waals surface area contributed by atoms with E-state index in [9.17, 15) is 9.90 Å². The van der Waals surface area contributed by atoms with Gasteiger partial charge in [0.2, 0.25) is 5.91 Å². The fourth-order valence-electron chi connectivity index (χ4n) is 3.94. The van der Waals surface area contributed by atoms with Crippen LogP contribution < -0.4 is 0 Å². The molecule has 1 aromatic carbocycles. The highest BCUT2D eigenvalue weighted by molar-refractivity contribution is 5.80. The lowest BCUT2D eigenvalue weighted by Gasteiger charge is -2.35. The lowest BCUT2D eigenvalue weighted by atomic mass is 9.92. The Balaban J connectivity index is 1.70. The third-order valence-corrected chi connectivity index (χ3v) is 5.04. The maximum Gasteiger partial charge on any atom is 0.226 e. The lowest BCUT2D eigenvalue weighted by molar-refractivity contribution is -0.139. The van der Waals surface area contributed by atoms with Gasteiger partial charge in [0.05, 0.1) is 6.61 Å². The Hall–Kier alpha value is -1.35. The fraction of sp³-hybridized carbons (Fsp3) is 0.611. The zero-order chi connectivity index (χ0) is 14.7. The van der Waals surface area contributed by atoms with Gasteiger partial charge in [-0.2, -0.15) is 0 Å². The molecule has 2 aliphatic rings. The van der Waals surface area contributed by atoms with Crippen molar-refractivity contribution in [1.82, 2.24) is 4.90 Å². The number of nitrogens with zero attached hydrogens (tertiary/aromatic N) is 1. The number of hydrogen-bond acceptors (Lipinski definition) is 2. The number of amides is 1. The monoisotopic (exact) mass is 287 g/mol. The zero-order valence-corrected chi connectivity index (χ0v) is 12.6. The summed E-state index contributed by atoms with van der Waals surface area (Å²) in [6.07, 6.45) is 7.65. The molecule has 0 radical (unpaired) electrons. The molecular weight excluding hydrogens is 262 g/mol. The quantitative estimate of drug-likeness (QED) is 0.924. The number of aliphatic hydroxyl groups excluding tert-OH is 1. The molecule has 0 aromatic heterocycles. The summed E-state index contributed by atoms with van der Waals surface area (Å²) >= 11 is 0. The van der Waals surface area contributed by atoms with E-state index in [1.165, 1.54) is 30.4 Å². The van der Waals surface area contributed by atoms with Crippen molar-refractivity contribution in [3.8, 4) is 0 Å². The van der Waals surface area contributed by atoms with Gasteiger partial charge < -0.3 is 10.0 Å². The van der Waals surface area contributed by atoms with Crippen LogP contribution in [0.4, 0.5) is 0 Å². The Morgan fingerprint density at radius 3 is 2.29 bits per heavy atom. The van der Waals surface area contributed by atoms with E-state index in [1.807, 2.05) is 4.90 Å². The van der Waals surface area contributed by atoms with Crippen molar-refractivity contribution in [1.29, 1.82) is 0 Å². The van der Waals surface area contributed by atoms with Crippen LogP contribution in [0.2, 0.25) is 0 Å². The average Bonchev–Trinajstić information content (AvgIpc) is 2.97. The van der Waals surface area contributed by atoms with E-state index in [0.29, 0.717) is 12.6 Å². The number of hydrogen-bond donors (Lipinski definition) is 1. The second-order valence-electron chi connectivity index (χ2n) is 6.42. The molecule has 1 aromatic rings. The summed E-state index contributed by atoms with van der Waals surface area (Å²) in [5.41, 5.74) is 2.65. The van der Waals surface area contributed by atoms with E-state index in [1.54, 1.807) is 0 Å². The summed E-state index contributed by atoms with van der Waals surface area (Å²) in [6.45, 7) is 0.568. The summed E-state index contributed by atoms with van der Waals surface area (Å²) < 4.78 is 0. The Morgan fingerprint density at radius 2 is 1.71 bits per heavy atom. The molecule has 21 heavy (non-hydrogen) atoms. The summed E-state index contributed by atoms with van der Waals surface area (Å²) in [4.78, 5) is 14.9. The molecule has 0 spiro atoms. The van der Waals surface area contributed by atoms with Gasteiger partial charge in [0, 0.05) is 18.5 Å². The van der Waals surface area contributed by atoms with Crippen molar-refractivity contribution in [2.75, 3.05) is 13.2 Å². The highest BCUT2D eigenvalue weighted by Gasteiger charge is 2.33. The maximum absolute atomic E-state index is 12.9. The van der Waals surface area contributed by atoms with Gasteiger partial charge in [-0.05, 0) is 36.8 Å². The second-order valence-corrected chi connectivity index (χ2v) is 6.42. The largest absolute Gasteiger partial charge is 0.395 e. The third kappa shape index (κ3) is 3.13. The molecule has 1 amide bonds. The van der Waals surface area contributed by atoms with Crippen molar-refractivity contribution in [3.63, 3.8) is 0 Å². The minimum atomic E-state index is 0.0713. The Kier molecular flexibility index (Phi) is 4.59. The highest BCUT2D eigenvalue weighted by atomic mass is 16.3. The molecule has 0 heterocycles. The molecule has 3 rings (SSSR count). The van der Waals surface area contributed by atoms with Crippen LogP contribution in [0.25, 0.3) is 0 Å². The molecule has 3 heteroatoms. The smallest absolute Gasteiger partial charge is 0.226 e. The van der Waals surface area contributed by atoms with Crippen molar-refractivity contribution in [2.45, 2.75) is 51.0 Å². The molecule has 3 nitrogen and oxygen atoms in total. The Bertz CT molecular complexity index is 469. The van der Waals surface area contributed by atoms with Crippen LogP contribution in [0, 0.1) is 5.92 Å². The van der Waals surface area contributed by atoms with Crippen LogP contribution in [0.1, 0.15) is 43.2 Å². The number of carbonyl (C=O) groups is 1. The van der Waals surface area contributed by atoms with Crippen molar-refractivity contribution >= 4 is 5.91 Å². The first kappa shape index (κ1) is 14.6. The molecular formula is C18H25NO2. The van der Waals surface area contributed by atoms with Gasteiger partial charge in [0.15, 0.2) is 0 Å². The molecule has 114 valence electrons. The van der Waals surface area contributed by atoms with E-state index in [-0.39, 0.29) is 18.4 Å². The van der Waals surface area contributed by atoms with Gasteiger partial charge in [-0.25, -0.2) is 0 Å². The molecule has 0 aliphatic heterocycles. The molecule has 0 unspecified atom stereocenters. The molecule has 0 bridgehead atoms. The van der Waals surface area contributed by atoms with Gasteiger partial charge in [-0.15, -0.1) is 0 Å². The van der Waals surface area contributed by atoms with E-state index in [4.69, 9.17) is 0 Å². The summed E-state index contributed by atoms with van der Waals surface area (Å²) in [5.74, 6) is 0.336. The number of fused-ring (bicyclic) bond motifs is 1. The molecule has 0 saturated heterocycles. The van der Waals surface area contributed by atoms with Crippen LogP contribution in [-0.4, -0.2) is 35.1 Å².